The lowest BCUT2D eigenvalue weighted by molar-refractivity contribution is 0.100. The Balaban J connectivity index is 1.85. The summed E-state index contributed by atoms with van der Waals surface area (Å²) < 4.78 is 2.15. The molecule has 5 aromatic rings. The summed E-state index contributed by atoms with van der Waals surface area (Å²) in [6, 6.07) is 21.5. The van der Waals surface area contributed by atoms with E-state index in [1.165, 1.54) is 4.88 Å². The molecule has 2 aromatic heterocycles. The molecule has 0 saturated carbocycles. The first kappa shape index (κ1) is 19.2. The number of thiophene rings is 1. The Bertz CT molecular complexity index is 1400. The number of carbonyl (C=O) groups is 1. The van der Waals surface area contributed by atoms with Crippen molar-refractivity contribution in [1.29, 1.82) is 0 Å². The maximum atomic E-state index is 12.2. The molecule has 0 bridgehead atoms. The van der Waals surface area contributed by atoms with Gasteiger partial charge in [0.05, 0.1) is 17.6 Å². The summed E-state index contributed by atoms with van der Waals surface area (Å²) in [5, 5.41) is 5.10. The van der Waals surface area contributed by atoms with Crippen LogP contribution in [0.15, 0.2) is 72.1 Å². The zero-order chi connectivity index (χ0) is 20.8. The monoisotopic (exact) mass is 450 g/mol. The number of primary amides is 1. The molecule has 0 aliphatic rings. The number of amides is 1. The lowest BCUT2D eigenvalue weighted by Crippen LogP contribution is -2.11. The van der Waals surface area contributed by atoms with Crippen LogP contribution in [-0.2, 0) is 6.54 Å². The first-order valence-corrected chi connectivity index (χ1v) is 11.0. The number of nitrogens with zero attached hydrogens (tertiary/aromatic N) is 1. The van der Waals surface area contributed by atoms with Crippen LogP contribution in [0.4, 0.5) is 0 Å². The number of benzene rings is 3. The van der Waals surface area contributed by atoms with Gasteiger partial charge in [-0.15, -0.1) is 11.3 Å². The Labute approximate surface area is 187 Å². The number of aromatic nitrogens is 1. The highest BCUT2D eigenvalue weighted by molar-refractivity contribution is 7.13. The summed E-state index contributed by atoms with van der Waals surface area (Å²) in [6.45, 7) is 0.481. The fourth-order valence-electron chi connectivity index (χ4n) is 3.96. The zero-order valence-electron chi connectivity index (χ0n) is 15.7. The molecule has 0 saturated heterocycles. The van der Waals surface area contributed by atoms with Crippen molar-refractivity contribution in [2.75, 3.05) is 0 Å². The minimum Gasteiger partial charge on any atom is -0.366 e. The Kier molecular flexibility index (Phi) is 4.78. The van der Waals surface area contributed by atoms with E-state index in [0.29, 0.717) is 22.2 Å². The minimum atomic E-state index is -0.447. The number of carbonyl (C=O) groups excluding carboxylic acids is 1. The number of nitrogens with two attached hydrogens (primary N) is 1. The second kappa shape index (κ2) is 7.47. The van der Waals surface area contributed by atoms with Crippen LogP contribution in [0.1, 0.15) is 15.9 Å². The third kappa shape index (κ3) is 3.08. The van der Waals surface area contributed by atoms with Gasteiger partial charge in [0, 0.05) is 36.8 Å². The number of hydrogen-bond acceptors (Lipinski definition) is 2. The van der Waals surface area contributed by atoms with E-state index in [4.69, 9.17) is 28.9 Å². The maximum Gasteiger partial charge on any atom is 0.249 e. The van der Waals surface area contributed by atoms with Crippen LogP contribution in [0.25, 0.3) is 32.2 Å². The van der Waals surface area contributed by atoms with Crippen LogP contribution >= 0.6 is 34.5 Å². The molecule has 1 amide bonds. The summed E-state index contributed by atoms with van der Waals surface area (Å²) in [4.78, 5) is 13.3. The Morgan fingerprint density at radius 2 is 1.70 bits per heavy atom. The average Bonchev–Trinajstić information content (AvgIpc) is 3.37. The second-order valence-electron chi connectivity index (χ2n) is 7.06. The largest absolute Gasteiger partial charge is 0.366 e. The second-order valence-corrected chi connectivity index (χ2v) is 8.82. The summed E-state index contributed by atoms with van der Waals surface area (Å²) in [7, 11) is 0. The number of fused-ring (bicyclic) bond motifs is 3. The average molecular weight is 451 g/mol. The van der Waals surface area contributed by atoms with E-state index < -0.39 is 5.91 Å². The third-order valence-corrected chi connectivity index (χ3v) is 6.97. The molecule has 2 N–H and O–H groups in total. The normalized spacial score (nSPS) is 11.4. The predicted molar refractivity (Wildman–Crippen MR) is 127 cm³/mol. The molecule has 0 radical (unpaired) electrons. The third-order valence-electron chi connectivity index (χ3n) is 5.34. The first-order chi connectivity index (χ1) is 14.5. The van der Waals surface area contributed by atoms with Crippen molar-refractivity contribution in [2.45, 2.75) is 6.54 Å². The number of hydrogen-bond donors (Lipinski definition) is 1. The smallest absolute Gasteiger partial charge is 0.249 e. The van der Waals surface area contributed by atoms with Crippen molar-refractivity contribution in [3.63, 3.8) is 0 Å². The molecule has 0 fully saturated rings. The van der Waals surface area contributed by atoms with Gasteiger partial charge in [0.1, 0.15) is 0 Å². The van der Waals surface area contributed by atoms with E-state index >= 15 is 0 Å². The van der Waals surface area contributed by atoms with Gasteiger partial charge in [-0.1, -0.05) is 53.5 Å². The Morgan fingerprint density at radius 3 is 2.40 bits per heavy atom. The molecule has 30 heavy (non-hydrogen) atoms. The molecular formula is C24H16Cl2N2OS. The SMILES string of the molecule is NC(=O)c1cccc2c1c1ccc(-c3cccs3)cc1n2Cc1c(Cl)cccc1Cl. The summed E-state index contributed by atoms with van der Waals surface area (Å²) >= 11 is 14.6. The van der Waals surface area contributed by atoms with Crippen molar-refractivity contribution in [3.05, 3.63) is 93.3 Å². The van der Waals surface area contributed by atoms with Gasteiger partial charge in [-0.25, -0.2) is 0 Å². The van der Waals surface area contributed by atoms with Gasteiger partial charge in [0.25, 0.3) is 0 Å². The lowest BCUT2D eigenvalue weighted by Gasteiger charge is -2.12. The molecule has 0 unspecified atom stereocenters. The molecule has 3 nitrogen and oxygen atoms in total. The van der Waals surface area contributed by atoms with Crippen LogP contribution in [0.3, 0.4) is 0 Å². The standard InChI is InChI=1S/C24H16Cl2N2OS/c25-18-5-2-6-19(26)17(18)13-28-20-7-1-4-16(24(27)29)23(20)15-10-9-14(12-21(15)28)22-8-3-11-30-22/h1-12H,13H2,(H2,27,29). The van der Waals surface area contributed by atoms with Crippen LogP contribution < -0.4 is 5.73 Å². The fraction of sp³-hybridized carbons (Fsp3) is 0.0417. The molecule has 3 aromatic carbocycles. The van der Waals surface area contributed by atoms with Crippen LogP contribution in [-0.4, -0.2) is 10.5 Å². The molecule has 0 aliphatic carbocycles. The quantitative estimate of drug-likeness (QED) is 0.315. The van der Waals surface area contributed by atoms with Gasteiger partial charge in [0.15, 0.2) is 0 Å². The number of rotatable bonds is 4. The maximum absolute atomic E-state index is 12.2. The Hall–Kier alpha value is -2.79. The van der Waals surface area contributed by atoms with E-state index in [1.807, 2.05) is 36.4 Å². The minimum absolute atomic E-state index is 0.447. The van der Waals surface area contributed by atoms with Crippen molar-refractivity contribution in [1.82, 2.24) is 4.57 Å². The molecule has 0 atom stereocenters. The van der Waals surface area contributed by atoms with Gasteiger partial charge in [-0.2, -0.15) is 0 Å². The van der Waals surface area contributed by atoms with Gasteiger partial charge in [0.2, 0.25) is 5.91 Å². The molecular weight excluding hydrogens is 435 g/mol. The molecule has 0 aliphatic heterocycles. The van der Waals surface area contributed by atoms with Crippen molar-refractivity contribution in [2.24, 2.45) is 5.73 Å². The fourth-order valence-corrected chi connectivity index (χ4v) is 5.20. The molecule has 5 rings (SSSR count). The summed E-state index contributed by atoms with van der Waals surface area (Å²) in [5.74, 6) is -0.447. The topological polar surface area (TPSA) is 48.0 Å². The predicted octanol–water partition coefficient (Wildman–Crippen LogP) is 6.98. The van der Waals surface area contributed by atoms with E-state index in [0.717, 1.165) is 32.9 Å². The van der Waals surface area contributed by atoms with Gasteiger partial charge >= 0.3 is 0 Å². The first-order valence-electron chi connectivity index (χ1n) is 9.36. The van der Waals surface area contributed by atoms with E-state index in [9.17, 15) is 4.79 Å². The van der Waals surface area contributed by atoms with Crippen LogP contribution in [0.5, 0.6) is 0 Å². The summed E-state index contributed by atoms with van der Waals surface area (Å²) in [5.41, 5.74) is 10.1. The van der Waals surface area contributed by atoms with Crippen molar-refractivity contribution in [3.8, 4) is 10.4 Å². The van der Waals surface area contributed by atoms with Gasteiger partial charge in [-0.3, -0.25) is 4.79 Å². The zero-order valence-corrected chi connectivity index (χ0v) is 18.1. The van der Waals surface area contributed by atoms with Crippen molar-refractivity contribution >= 4 is 62.3 Å². The molecule has 2 heterocycles. The van der Waals surface area contributed by atoms with Crippen molar-refractivity contribution < 1.29 is 4.79 Å². The van der Waals surface area contributed by atoms with E-state index in [1.54, 1.807) is 17.4 Å². The molecule has 148 valence electrons. The highest BCUT2D eigenvalue weighted by Crippen LogP contribution is 2.37. The highest BCUT2D eigenvalue weighted by Gasteiger charge is 2.18. The highest BCUT2D eigenvalue weighted by atomic mass is 35.5. The van der Waals surface area contributed by atoms with Crippen LogP contribution in [0.2, 0.25) is 10.0 Å². The van der Waals surface area contributed by atoms with E-state index in [2.05, 4.69) is 34.2 Å². The summed E-state index contributed by atoms with van der Waals surface area (Å²) in [6.07, 6.45) is 0. The molecule has 0 spiro atoms. The molecule has 6 heteroatoms. The van der Waals surface area contributed by atoms with E-state index in [-0.39, 0.29) is 0 Å². The van der Waals surface area contributed by atoms with Gasteiger partial charge < -0.3 is 10.3 Å². The lowest BCUT2D eigenvalue weighted by atomic mass is 10.0. The Morgan fingerprint density at radius 1 is 0.933 bits per heavy atom. The van der Waals surface area contributed by atoms with Crippen LogP contribution in [0, 0.1) is 0 Å². The number of halogens is 2. The van der Waals surface area contributed by atoms with Gasteiger partial charge in [-0.05, 0) is 47.3 Å².